The van der Waals surface area contributed by atoms with Gasteiger partial charge < -0.3 is 20.6 Å². The summed E-state index contributed by atoms with van der Waals surface area (Å²) in [6.07, 6.45) is 0.170. The van der Waals surface area contributed by atoms with Crippen LogP contribution < -0.4 is 16.2 Å². The Labute approximate surface area is 98.3 Å². The van der Waals surface area contributed by atoms with Crippen LogP contribution in [0.1, 0.15) is 12.2 Å². The highest BCUT2D eigenvalue weighted by Crippen LogP contribution is 2.32. The van der Waals surface area contributed by atoms with Crippen molar-refractivity contribution in [1.29, 1.82) is 0 Å². The molecule has 5 nitrogen and oxygen atoms in total. The van der Waals surface area contributed by atoms with Crippen LogP contribution >= 0.6 is 0 Å². The molecule has 0 unspecified atom stereocenters. The molecule has 1 aromatic carbocycles. The van der Waals surface area contributed by atoms with Crippen LogP contribution in [-0.2, 0) is 11.3 Å². The highest BCUT2D eigenvalue weighted by atomic mass is 16.5. The molecule has 0 saturated heterocycles. The van der Waals surface area contributed by atoms with E-state index in [1.165, 1.54) is 0 Å². The number of amides is 1. The van der Waals surface area contributed by atoms with Crippen molar-refractivity contribution in [2.24, 2.45) is 11.5 Å². The fraction of sp³-hybridized carbons (Fsp3) is 0.250. The summed E-state index contributed by atoms with van der Waals surface area (Å²) in [6, 6.07) is 7.49. The van der Waals surface area contributed by atoms with E-state index in [4.69, 9.17) is 20.6 Å². The van der Waals surface area contributed by atoms with E-state index < -0.39 is 5.91 Å². The molecule has 4 N–H and O–H groups in total. The van der Waals surface area contributed by atoms with Crippen molar-refractivity contribution in [3.05, 3.63) is 30.0 Å². The quantitative estimate of drug-likeness (QED) is 0.811. The molecule has 1 aromatic heterocycles. The van der Waals surface area contributed by atoms with E-state index in [0.717, 1.165) is 11.0 Å². The smallest absolute Gasteiger partial charge is 0.220 e. The van der Waals surface area contributed by atoms with Crippen LogP contribution in [-0.4, -0.2) is 12.5 Å². The third-order valence-corrected chi connectivity index (χ3v) is 2.40. The predicted molar refractivity (Wildman–Crippen MR) is 63.4 cm³/mol. The Balaban J connectivity index is 2.27. The number of hydrogen-bond acceptors (Lipinski definition) is 4. The average Bonchev–Trinajstić information content (AvgIpc) is 2.67. The number of rotatable bonds is 5. The zero-order chi connectivity index (χ0) is 12.3. The van der Waals surface area contributed by atoms with E-state index in [0.29, 0.717) is 11.5 Å². The standard InChI is InChI=1S/C12H14N2O3/c13-7-10-12(16-6-5-11(14)15)8-3-1-2-4-9(8)17-10/h1-4H,5-7,13H2,(H2,14,15). The molecule has 0 spiro atoms. The fourth-order valence-corrected chi connectivity index (χ4v) is 1.62. The molecule has 1 amide bonds. The zero-order valence-corrected chi connectivity index (χ0v) is 9.31. The lowest BCUT2D eigenvalue weighted by Crippen LogP contribution is -2.15. The third-order valence-electron chi connectivity index (χ3n) is 2.40. The molecule has 0 aliphatic heterocycles. The van der Waals surface area contributed by atoms with Gasteiger partial charge in [0, 0.05) is 0 Å². The number of ether oxygens (including phenoxy) is 1. The number of primary amides is 1. The molecule has 0 atom stereocenters. The maximum atomic E-state index is 10.6. The van der Waals surface area contributed by atoms with Gasteiger partial charge >= 0.3 is 0 Å². The van der Waals surface area contributed by atoms with Gasteiger partial charge in [0.25, 0.3) is 0 Å². The molecule has 0 bridgehead atoms. The minimum atomic E-state index is -0.396. The van der Waals surface area contributed by atoms with Crippen LogP contribution in [0.4, 0.5) is 0 Å². The van der Waals surface area contributed by atoms with Crippen LogP contribution in [0.5, 0.6) is 5.75 Å². The van der Waals surface area contributed by atoms with E-state index in [2.05, 4.69) is 0 Å². The first-order chi connectivity index (χ1) is 8.22. The molecule has 2 rings (SSSR count). The molecule has 0 aliphatic carbocycles. The summed E-state index contributed by atoms with van der Waals surface area (Å²) in [5.41, 5.74) is 11.4. The lowest BCUT2D eigenvalue weighted by atomic mass is 10.2. The Bertz CT molecular complexity index is 534. The Kier molecular flexibility index (Phi) is 3.30. The van der Waals surface area contributed by atoms with Crippen molar-refractivity contribution < 1.29 is 13.9 Å². The number of furan rings is 1. The van der Waals surface area contributed by atoms with Crippen LogP contribution in [0, 0.1) is 0 Å². The van der Waals surface area contributed by atoms with Crippen LogP contribution in [0.3, 0.4) is 0 Å². The largest absolute Gasteiger partial charge is 0.489 e. The Morgan fingerprint density at radius 1 is 1.35 bits per heavy atom. The van der Waals surface area contributed by atoms with Gasteiger partial charge in [-0.2, -0.15) is 0 Å². The summed E-state index contributed by atoms with van der Waals surface area (Å²) in [5, 5.41) is 0.859. The highest BCUT2D eigenvalue weighted by molar-refractivity contribution is 5.85. The second-order valence-electron chi connectivity index (χ2n) is 3.62. The number of para-hydroxylation sites is 1. The van der Waals surface area contributed by atoms with Crippen molar-refractivity contribution in [1.82, 2.24) is 0 Å². The first-order valence-corrected chi connectivity index (χ1v) is 5.34. The van der Waals surface area contributed by atoms with E-state index in [1.807, 2.05) is 24.3 Å². The van der Waals surface area contributed by atoms with Crippen LogP contribution in [0.2, 0.25) is 0 Å². The minimum absolute atomic E-state index is 0.170. The van der Waals surface area contributed by atoms with E-state index in [1.54, 1.807) is 0 Å². The summed E-state index contributed by atoms with van der Waals surface area (Å²) < 4.78 is 11.1. The topological polar surface area (TPSA) is 91.5 Å². The number of carbonyl (C=O) groups excluding carboxylic acids is 1. The van der Waals surface area contributed by atoms with Gasteiger partial charge in [0.15, 0.2) is 11.5 Å². The predicted octanol–water partition coefficient (Wildman–Crippen LogP) is 1.15. The minimum Gasteiger partial charge on any atom is -0.489 e. The van der Waals surface area contributed by atoms with Gasteiger partial charge in [0.2, 0.25) is 5.91 Å². The van der Waals surface area contributed by atoms with Crippen LogP contribution in [0.25, 0.3) is 11.0 Å². The molecule has 0 fully saturated rings. The van der Waals surface area contributed by atoms with Gasteiger partial charge in [-0.1, -0.05) is 12.1 Å². The molecule has 2 aromatic rings. The molecular formula is C12H14N2O3. The second-order valence-corrected chi connectivity index (χ2v) is 3.62. The third kappa shape index (κ3) is 2.39. The zero-order valence-electron chi connectivity index (χ0n) is 9.31. The van der Waals surface area contributed by atoms with Crippen molar-refractivity contribution in [2.45, 2.75) is 13.0 Å². The molecule has 90 valence electrons. The summed E-state index contributed by atoms with van der Waals surface area (Å²) in [4.78, 5) is 10.6. The van der Waals surface area contributed by atoms with Gasteiger partial charge in [0.05, 0.1) is 25.0 Å². The average molecular weight is 234 g/mol. The normalized spacial score (nSPS) is 10.6. The van der Waals surface area contributed by atoms with Gasteiger partial charge in [-0.15, -0.1) is 0 Å². The molecule has 0 aliphatic rings. The van der Waals surface area contributed by atoms with Gasteiger partial charge in [-0.05, 0) is 12.1 Å². The Hall–Kier alpha value is -2.01. The van der Waals surface area contributed by atoms with Gasteiger partial charge in [-0.25, -0.2) is 0 Å². The van der Waals surface area contributed by atoms with E-state index in [-0.39, 0.29) is 19.6 Å². The second kappa shape index (κ2) is 4.88. The molecule has 0 radical (unpaired) electrons. The van der Waals surface area contributed by atoms with E-state index in [9.17, 15) is 4.79 Å². The molecular weight excluding hydrogens is 220 g/mol. The van der Waals surface area contributed by atoms with Crippen molar-refractivity contribution >= 4 is 16.9 Å². The summed E-state index contributed by atoms with van der Waals surface area (Å²) in [6.45, 7) is 0.479. The molecule has 0 saturated carbocycles. The Morgan fingerprint density at radius 3 is 2.82 bits per heavy atom. The summed E-state index contributed by atoms with van der Waals surface area (Å²) >= 11 is 0. The van der Waals surface area contributed by atoms with Crippen molar-refractivity contribution in [3.63, 3.8) is 0 Å². The summed E-state index contributed by atoms with van der Waals surface area (Å²) in [5.74, 6) is 0.784. The summed E-state index contributed by atoms with van der Waals surface area (Å²) in [7, 11) is 0. The van der Waals surface area contributed by atoms with Gasteiger partial charge in [0.1, 0.15) is 5.58 Å². The molecule has 1 heterocycles. The maximum absolute atomic E-state index is 10.6. The van der Waals surface area contributed by atoms with E-state index >= 15 is 0 Å². The molecule has 5 heteroatoms. The fourth-order valence-electron chi connectivity index (χ4n) is 1.62. The maximum Gasteiger partial charge on any atom is 0.220 e. The lowest BCUT2D eigenvalue weighted by Gasteiger charge is -2.04. The SMILES string of the molecule is NCc1oc2ccccc2c1OCCC(N)=O. The first-order valence-electron chi connectivity index (χ1n) is 5.34. The number of benzene rings is 1. The monoisotopic (exact) mass is 234 g/mol. The number of hydrogen-bond donors (Lipinski definition) is 2. The van der Waals surface area contributed by atoms with Crippen LogP contribution in [0.15, 0.2) is 28.7 Å². The van der Waals surface area contributed by atoms with Gasteiger partial charge in [-0.3, -0.25) is 4.79 Å². The number of nitrogens with two attached hydrogens (primary N) is 2. The van der Waals surface area contributed by atoms with Crippen molar-refractivity contribution in [3.8, 4) is 5.75 Å². The first kappa shape index (κ1) is 11.5. The number of fused-ring (bicyclic) bond motifs is 1. The Morgan fingerprint density at radius 2 is 2.12 bits per heavy atom. The van der Waals surface area contributed by atoms with Crippen molar-refractivity contribution in [2.75, 3.05) is 6.61 Å². The lowest BCUT2D eigenvalue weighted by molar-refractivity contribution is -0.118. The molecule has 17 heavy (non-hydrogen) atoms. The number of carbonyl (C=O) groups is 1. The highest BCUT2D eigenvalue weighted by Gasteiger charge is 2.13.